The molecule has 1 aromatic heterocycles. The maximum atomic E-state index is 12.7. The molecular weight excluding hydrogens is 418 g/mol. The third-order valence-electron chi connectivity index (χ3n) is 5.14. The molecule has 2 N–H and O–H groups in total. The first-order chi connectivity index (χ1) is 14.9. The SMILES string of the molecule is Cc1nnc2n1-c1ccc(C(=O)NCC(C)C(=O)O)cc1C(c1ccccc1Cl)=NC2. The average Bonchev–Trinajstić information content (AvgIpc) is 3.04. The van der Waals surface area contributed by atoms with Gasteiger partial charge < -0.3 is 10.4 Å². The zero-order valence-electron chi connectivity index (χ0n) is 17.0. The summed E-state index contributed by atoms with van der Waals surface area (Å²) in [4.78, 5) is 28.5. The van der Waals surface area contributed by atoms with Gasteiger partial charge in [0.2, 0.25) is 0 Å². The summed E-state index contributed by atoms with van der Waals surface area (Å²) in [5.74, 6) is -0.620. The number of rotatable bonds is 5. The zero-order chi connectivity index (χ0) is 22.1. The van der Waals surface area contributed by atoms with E-state index in [1.54, 1.807) is 18.2 Å². The zero-order valence-corrected chi connectivity index (χ0v) is 17.7. The molecule has 8 nitrogen and oxygen atoms in total. The summed E-state index contributed by atoms with van der Waals surface area (Å²) in [5.41, 5.74) is 3.31. The van der Waals surface area contributed by atoms with Crippen molar-refractivity contribution in [1.82, 2.24) is 20.1 Å². The highest BCUT2D eigenvalue weighted by Crippen LogP contribution is 2.29. The van der Waals surface area contributed by atoms with Crippen molar-refractivity contribution in [2.24, 2.45) is 10.9 Å². The summed E-state index contributed by atoms with van der Waals surface area (Å²) in [6, 6.07) is 12.7. The van der Waals surface area contributed by atoms with Gasteiger partial charge in [0.1, 0.15) is 12.4 Å². The monoisotopic (exact) mass is 437 g/mol. The van der Waals surface area contributed by atoms with Crippen molar-refractivity contribution in [2.45, 2.75) is 20.4 Å². The Balaban J connectivity index is 1.80. The van der Waals surface area contributed by atoms with Crippen LogP contribution in [0.5, 0.6) is 0 Å². The number of nitrogens with zero attached hydrogens (tertiary/aromatic N) is 4. The number of aliphatic imine (C=N–C) groups is 1. The van der Waals surface area contributed by atoms with Gasteiger partial charge in [-0.3, -0.25) is 19.1 Å². The van der Waals surface area contributed by atoms with E-state index in [0.29, 0.717) is 40.1 Å². The molecule has 31 heavy (non-hydrogen) atoms. The van der Waals surface area contributed by atoms with E-state index in [-0.39, 0.29) is 12.5 Å². The second-order valence-electron chi connectivity index (χ2n) is 7.32. The molecule has 0 spiro atoms. The van der Waals surface area contributed by atoms with Gasteiger partial charge in [-0.25, -0.2) is 0 Å². The van der Waals surface area contributed by atoms with Gasteiger partial charge >= 0.3 is 5.97 Å². The molecule has 0 aliphatic carbocycles. The van der Waals surface area contributed by atoms with Crippen LogP contribution in [0, 0.1) is 12.8 Å². The van der Waals surface area contributed by atoms with Crippen molar-refractivity contribution in [3.8, 4) is 5.69 Å². The Bertz CT molecular complexity index is 1220. The Labute approximate surface area is 183 Å². The van der Waals surface area contributed by atoms with Crippen molar-refractivity contribution < 1.29 is 14.7 Å². The fraction of sp³-hybridized carbons (Fsp3) is 0.227. The van der Waals surface area contributed by atoms with Gasteiger partial charge in [-0.1, -0.05) is 36.7 Å². The normalized spacial score (nSPS) is 13.5. The molecule has 9 heteroatoms. The number of hydrogen-bond acceptors (Lipinski definition) is 5. The number of aromatic nitrogens is 3. The lowest BCUT2D eigenvalue weighted by Crippen LogP contribution is -2.31. The molecule has 0 bridgehead atoms. The van der Waals surface area contributed by atoms with Crippen LogP contribution in [-0.4, -0.2) is 44.0 Å². The van der Waals surface area contributed by atoms with Gasteiger partial charge in [-0.05, 0) is 31.2 Å². The number of carbonyl (C=O) groups is 2. The minimum atomic E-state index is -0.967. The molecular formula is C22H20ClN5O3. The summed E-state index contributed by atoms with van der Waals surface area (Å²) in [5, 5.41) is 20.7. The smallest absolute Gasteiger partial charge is 0.308 e. The van der Waals surface area contributed by atoms with Crippen molar-refractivity contribution in [3.63, 3.8) is 0 Å². The Hall–Kier alpha value is -3.52. The first-order valence-electron chi connectivity index (χ1n) is 9.73. The third kappa shape index (κ3) is 3.94. The first kappa shape index (κ1) is 20.7. The predicted octanol–water partition coefficient (Wildman–Crippen LogP) is 3.03. The highest BCUT2D eigenvalue weighted by atomic mass is 35.5. The second-order valence-corrected chi connectivity index (χ2v) is 7.73. The fourth-order valence-electron chi connectivity index (χ4n) is 3.44. The summed E-state index contributed by atoms with van der Waals surface area (Å²) in [6.45, 7) is 3.74. The van der Waals surface area contributed by atoms with Crippen LogP contribution in [0.15, 0.2) is 47.5 Å². The van der Waals surface area contributed by atoms with Gasteiger partial charge in [0, 0.05) is 28.3 Å². The van der Waals surface area contributed by atoms with E-state index in [1.165, 1.54) is 6.92 Å². The number of amides is 1. The lowest BCUT2D eigenvalue weighted by Gasteiger charge is -2.15. The van der Waals surface area contributed by atoms with Crippen LogP contribution in [0.4, 0.5) is 0 Å². The molecule has 4 rings (SSSR count). The van der Waals surface area contributed by atoms with Crippen LogP contribution in [0.2, 0.25) is 5.02 Å². The van der Waals surface area contributed by atoms with Gasteiger partial charge in [0.15, 0.2) is 5.82 Å². The summed E-state index contributed by atoms with van der Waals surface area (Å²) >= 11 is 6.46. The van der Waals surface area contributed by atoms with Gasteiger partial charge in [0.25, 0.3) is 5.91 Å². The lowest BCUT2D eigenvalue weighted by atomic mass is 9.98. The molecule has 1 atom stereocenters. The fourth-order valence-corrected chi connectivity index (χ4v) is 3.66. The van der Waals surface area contributed by atoms with E-state index in [4.69, 9.17) is 21.7 Å². The Kier molecular flexibility index (Phi) is 5.56. The maximum Gasteiger partial charge on any atom is 0.308 e. The van der Waals surface area contributed by atoms with E-state index in [9.17, 15) is 9.59 Å². The Morgan fingerprint density at radius 3 is 2.71 bits per heavy atom. The molecule has 0 radical (unpaired) electrons. The highest BCUT2D eigenvalue weighted by molar-refractivity contribution is 6.35. The van der Waals surface area contributed by atoms with Gasteiger partial charge in [-0.2, -0.15) is 0 Å². The first-order valence-corrected chi connectivity index (χ1v) is 10.1. The number of hydrogen-bond donors (Lipinski definition) is 2. The number of nitrogens with one attached hydrogen (secondary N) is 1. The number of carbonyl (C=O) groups excluding carboxylic acids is 1. The molecule has 1 aliphatic rings. The van der Waals surface area contributed by atoms with Crippen LogP contribution >= 0.6 is 11.6 Å². The molecule has 1 aliphatic heterocycles. The van der Waals surface area contributed by atoms with Crippen LogP contribution in [0.1, 0.15) is 40.1 Å². The number of fused-ring (bicyclic) bond motifs is 3. The average molecular weight is 438 g/mol. The molecule has 2 aromatic carbocycles. The Morgan fingerprint density at radius 2 is 1.97 bits per heavy atom. The molecule has 158 valence electrons. The minimum absolute atomic E-state index is 0.0331. The van der Waals surface area contributed by atoms with Crippen molar-refractivity contribution in [1.29, 1.82) is 0 Å². The highest BCUT2D eigenvalue weighted by Gasteiger charge is 2.24. The van der Waals surface area contributed by atoms with Crippen molar-refractivity contribution in [2.75, 3.05) is 6.54 Å². The van der Waals surface area contributed by atoms with E-state index in [2.05, 4.69) is 15.5 Å². The van der Waals surface area contributed by atoms with Crippen LogP contribution in [-0.2, 0) is 11.3 Å². The molecule has 1 unspecified atom stereocenters. The maximum absolute atomic E-state index is 12.7. The number of aliphatic carboxylic acids is 1. The van der Waals surface area contributed by atoms with Crippen LogP contribution in [0.25, 0.3) is 5.69 Å². The van der Waals surface area contributed by atoms with Gasteiger partial charge in [0.05, 0.1) is 17.3 Å². The van der Waals surface area contributed by atoms with Crippen molar-refractivity contribution >= 4 is 29.2 Å². The molecule has 0 saturated carbocycles. The van der Waals surface area contributed by atoms with Crippen molar-refractivity contribution in [3.05, 3.63) is 75.8 Å². The number of halogens is 1. The molecule has 0 saturated heterocycles. The summed E-state index contributed by atoms with van der Waals surface area (Å²) in [6.07, 6.45) is 0. The minimum Gasteiger partial charge on any atom is -0.481 e. The molecule has 3 aromatic rings. The predicted molar refractivity (Wildman–Crippen MR) is 116 cm³/mol. The summed E-state index contributed by atoms with van der Waals surface area (Å²) in [7, 11) is 0. The van der Waals surface area contributed by atoms with Gasteiger partial charge in [-0.15, -0.1) is 10.2 Å². The Morgan fingerprint density at radius 1 is 1.19 bits per heavy atom. The molecule has 1 amide bonds. The molecule has 2 heterocycles. The van der Waals surface area contributed by atoms with E-state index in [1.807, 2.05) is 35.8 Å². The summed E-state index contributed by atoms with van der Waals surface area (Å²) < 4.78 is 1.91. The number of carboxylic acids is 1. The number of aryl methyl sites for hydroxylation is 1. The number of carboxylic acid groups (broad SMARTS) is 1. The standard InChI is InChI=1S/C22H20ClN5O3/c1-12(22(30)31)10-25-21(29)14-7-8-18-16(9-14)20(15-5-3-4-6-17(15)23)24-11-19-27-26-13(2)28(18)19/h3-9,12H,10-11H2,1-2H3,(H,25,29)(H,30,31). The van der Waals surface area contributed by atoms with Crippen LogP contribution < -0.4 is 5.32 Å². The van der Waals surface area contributed by atoms with E-state index < -0.39 is 11.9 Å². The number of benzene rings is 2. The largest absolute Gasteiger partial charge is 0.481 e. The van der Waals surface area contributed by atoms with Crippen LogP contribution in [0.3, 0.4) is 0 Å². The topological polar surface area (TPSA) is 109 Å². The van der Waals surface area contributed by atoms with E-state index >= 15 is 0 Å². The van der Waals surface area contributed by atoms with E-state index in [0.717, 1.165) is 11.3 Å². The lowest BCUT2D eigenvalue weighted by molar-refractivity contribution is -0.140. The molecule has 0 fully saturated rings. The second kappa shape index (κ2) is 8.31. The third-order valence-corrected chi connectivity index (χ3v) is 5.47. The quantitative estimate of drug-likeness (QED) is 0.637.